The largest absolute Gasteiger partial charge is 0.459 e. The van der Waals surface area contributed by atoms with Gasteiger partial charge in [0.2, 0.25) is 0 Å². The topological polar surface area (TPSA) is 82.3 Å². The molecule has 17 heavy (non-hydrogen) atoms. The maximum atomic E-state index is 11.6. The Balaban J connectivity index is 3.30. The Morgan fingerprint density at radius 2 is 2.12 bits per heavy atom. The van der Waals surface area contributed by atoms with Gasteiger partial charge in [0.05, 0.1) is 17.1 Å². The van der Waals surface area contributed by atoms with Crippen LogP contribution in [0, 0.1) is 10.1 Å². The van der Waals surface area contributed by atoms with E-state index in [9.17, 15) is 14.9 Å². The van der Waals surface area contributed by atoms with Gasteiger partial charge in [0, 0.05) is 0 Å². The molecule has 1 aromatic rings. The van der Waals surface area contributed by atoms with Gasteiger partial charge in [-0.2, -0.15) is 0 Å². The van der Waals surface area contributed by atoms with Gasteiger partial charge in [-0.15, -0.1) is 0 Å². The lowest BCUT2D eigenvalue weighted by atomic mass is 10.2. The van der Waals surface area contributed by atoms with Crippen LogP contribution in [-0.4, -0.2) is 22.0 Å². The van der Waals surface area contributed by atoms with Gasteiger partial charge in [0.15, 0.2) is 10.7 Å². The van der Waals surface area contributed by atoms with Gasteiger partial charge >= 0.3 is 5.97 Å². The van der Waals surface area contributed by atoms with E-state index < -0.39 is 28.2 Å². The molecule has 0 aromatic carbocycles. The van der Waals surface area contributed by atoms with Crippen LogP contribution in [0.2, 0.25) is 10.3 Å². The molecule has 1 rings (SSSR count). The SMILES string of the molecule is CC(C)OC(=O)c1c([N+](=O)[O-])cc(Cl)nc1Cl. The minimum atomic E-state index is -0.902. The van der Waals surface area contributed by atoms with E-state index in [0.29, 0.717) is 0 Å². The number of hydrogen-bond donors (Lipinski definition) is 0. The normalized spacial score (nSPS) is 10.4. The summed E-state index contributed by atoms with van der Waals surface area (Å²) in [7, 11) is 0. The van der Waals surface area contributed by atoms with Crippen molar-refractivity contribution in [2.45, 2.75) is 20.0 Å². The van der Waals surface area contributed by atoms with Gasteiger partial charge < -0.3 is 4.74 Å². The molecule has 92 valence electrons. The predicted octanol–water partition coefficient (Wildman–Crippen LogP) is 2.86. The molecule has 0 unspecified atom stereocenters. The summed E-state index contributed by atoms with van der Waals surface area (Å²) in [6.45, 7) is 3.22. The first-order valence-electron chi connectivity index (χ1n) is 4.54. The highest BCUT2D eigenvalue weighted by Crippen LogP contribution is 2.28. The zero-order valence-electron chi connectivity index (χ0n) is 8.94. The fraction of sp³-hybridized carbons (Fsp3) is 0.333. The van der Waals surface area contributed by atoms with Crippen molar-refractivity contribution in [1.29, 1.82) is 0 Å². The Morgan fingerprint density at radius 3 is 2.59 bits per heavy atom. The summed E-state index contributed by atoms with van der Waals surface area (Å²) >= 11 is 11.2. The van der Waals surface area contributed by atoms with Gasteiger partial charge in [0.1, 0.15) is 5.15 Å². The second kappa shape index (κ2) is 5.29. The maximum absolute atomic E-state index is 11.6. The zero-order valence-corrected chi connectivity index (χ0v) is 10.4. The molecule has 0 amide bonds. The third-order valence-electron chi connectivity index (χ3n) is 1.67. The first kappa shape index (κ1) is 13.7. The monoisotopic (exact) mass is 278 g/mol. The molecule has 0 aliphatic rings. The van der Waals surface area contributed by atoms with Gasteiger partial charge in [0.25, 0.3) is 5.69 Å². The van der Waals surface area contributed by atoms with Crippen LogP contribution >= 0.6 is 23.2 Å². The van der Waals surface area contributed by atoms with Gasteiger partial charge in [-0.1, -0.05) is 23.2 Å². The zero-order chi connectivity index (χ0) is 13.2. The minimum absolute atomic E-state index is 0.164. The Kier molecular flexibility index (Phi) is 4.25. The number of nitro groups is 1. The molecule has 0 bridgehead atoms. The van der Waals surface area contributed by atoms with Crippen LogP contribution in [0.5, 0.6) is 0 Å². The Hall–Kier alpha value is -1.40. The molecular weight excluding hydrogens is 271 g/mol. The van der Waals surface area contributed by atoms with Crippen LogP contribution in [-0.2, 0) is 4.74 Å². The van der Waals surface area contributed by atoms with E-state index in [2.05, 4.69) is 4.98 Å². The standard InChI is InChI=1S/C9H8Cl2N2O4/c1-4(2)17-9(14)7-5(13(15)16)3-6(10)12-8(7)11/h3-4H,1-2H3. The first-order chi connectivity index (χ1) is 7.82. The Bertz CT molecular complexity index is 476. The summed E-state index contributed by atoms with van der Waals surface area (Å²) in [6.07, 6.45) is -0.422. The molecule has 0 aliphatic carbocycles. The minimum Gasteiger partial charge on any atom is -0.459 e. The van der Waals surface area contributed by atoms with E-state index in [0.717, 1.165) is 6.07 Å². The molecule has 8 heteroatoms. The lowest BCUT2D eigenvalue weighted by molar-refractivity contribution is -0.385. The molecule has 1 aromatic heterocycles. The summed E-state index contributed by atoms with van der Waals surface area (Å²) in [5.41, 5.74) is -0.921. The number of esters is 1. The van der Waals surface area contributed by atoms with Gasteiger partial charge in [-0.05, 0) is 13.8 Å². The quantitative estimate of drug-likeness (QED) is 0.367. The molecule has 0 saturated heterocycles. The number of pyridine rings is 1. The van der Waals surface area contributed by atoms with Crippen LogP contribution in [0.15, 0.2) is 6.07 Å². The third kappa shape index (κ3) is 3.28. The van der Waals surface area contributed by atoms with Crippen LogP contribution in [0.25, 0.3) is 0 Å². The summed E-state index contributed by atoms with van der Waals surface area (Å²) < 4.78 is 4.84. The van der Waals surface area contributed by atoms with Crippen molar-refractivity contribution in [1.82, 2.24) is 4.98 Å². The van der Waals surface area contributed by atoms with E-state index in [4.69, 9.17) is 27.9 Å². The highest BCUT2D eigenvalue weighted by atomic mass is 35.5. The van der Waals surface area contributed by atoms with Gasteiger partial charge in [-0.25, -0.2) is 9.78 Å². The van der Waals surface area contributed by atoms with Crippen molar-refractivity contribution in [3.05, 3.63) is 32.1 Å². The second-order valence-electron chi connectivity index (χ2n) is 3.34. The molecule has 6 nitrogen and oxygen atoms in total. The maximum Gasteiger partial charge on any atom is 0.348 e. The van der Waals surface area contributed by atoms with Crippen molar-refractivity contribution >= 4 is 34.9 Å². The number of carbonyl (C=O) groups excluding carboxylic acids is 1. The average Bonchev–Trinajstić information content (AvgIpc) is 2.14. The highest BCUT2D eigenvalue weighted by Gasteiger charge is 2.27. The van der Waals surface area contributed by atoms with Crippen molar-refractivity contribution in [3.63, 3.8) is 0 Å². The molecule has 0 saturated carbocycles. The number of rotatable bonds is 3. The van der Waals surface area contributed by atoms with Gasteiger partial charge in [-0.3, -0.25) is 10.1 Å². The predicted molar refractivity (Wildman–Crippen MR) is 61.5 cm³/mol. The number of nitrogens with zero attached hydrogens (tertiary/aromatic N) is 2. The molecule has 0 atom stereocenters. The number of hydrogen-bond acceptors (Lipinski definition) is 5. The van der Waals surface area contributed by atoms with E-state index in [1.807, 2.05) is 0 Å². The van der Waals surface area contributed by atoms with E-state index in [1.165, 1.54) is 0 Å². The van der Waals surface area contributed by atoms with Crippen LogP contribution in [0.1, 0.15) is 24.2 Å². The lowest BCUT2D eigenvalue weighted by Crippen LogP contribution is -2.14. The highest BCUT2D eigenvalue weighted by molar-refractivity contribution is 6.35. The third-order valence-corrected chi connectivity index (χ3v) is 2.13. The Morgan fingerprint density at radius 1 is 1.53 bits per heavy atom. The molecule has 0 aliphatic heterocycles. The molecule has 0 radical (unpaired) electrons. The number of ether oxygens (including phenoxy) is 1. The van der Waals surface area contributed by atoms with Crippen molar-refractivity contribution in [2.75, 3.05) is 0 Å². The first-order valence-corrected chi connectivity index (χ1v) is 5.30. The van der Waals surface area contributed by atoms with Crippen LogP contribution in [0.4, 0.5) is 5.69 Å². The lowest BCUT2D eigenvalue weighted by Gasteiger charge is -2.09. The van der Waals surface area contributed by atoms with Crippen LogP contribution in [0.3, 0.4) is 0 Å². The number of aromatic nitrogens is 1. The second-order valence-corrected chi connectivity index (χ2v) is 4.09. The molecule has 1 heterocycles. The summed E-state index contributed by atoms with van der Waals surface area (Å²) in [5, 5.41) is 10.3. The Labute approximate surface area is 107 Å². The fourth-order valence-electron chi connectivity index (χ4n) is 1.08. The number of carbonyl (C=O) groups is 1. The summed E-state index contributed by atoms with van der Waals surface area (Å²) in [6, 6.07) is 0.949. The fourth-order valence-corrected chi connectivity index (χ4v) is 1.57. The van der Waals surface area contributed by atoms with Crippen LogP contribution < -0.4 is 0 Å². The van der Waals surface area contributed by atoms with Crippen molar-refractivity contribution < 1.29 is 14.5 Å². The molecule has 0 spiro atoms. The summed E-state index contributed by atoms with van der Waals surface area (Å²) in [5.74, 6) is -0.902. The smallest absolute Gasteiger partial charge is 0.348 e. The van der Waals surface area contributed by atoms with Crippen molar-refractivity contribution in [3.8, 4) is 0 Å². The number of halogens is 2. The van der Waals surface area contributed by atoms with E-state index in [1.54, 1.807) is 13.8 Å². The molecular formula is C9H8Cl2N2O4. The van der Waals surface area contributed by atoms with E-state index >= 15 is 0 Å². The summed E-state index contributed by atoms with van der Waals surface area (Å²) in [4.78, 5) is 25.2. The molecule has 0 N–H and O–H groups in total. The molecule has 0 fully saturated rings. The van der Waals surface area contributed by atoms with Crippen molar-refractivity contribution in [2.24, 2.45) is 0 Å². The average molecular weight is 279 g/mol. The van der Waals surface area contributed by atoms with E-state index in [-0.39, 0.29) is 10.3 Å².